The van der Waals surface area contributed by atoms with Gasteiger partial charge in [-0.25, -0.2) is 4.79 Å². The summed E-state index contributed by atoms with van der Waals surface area (Å²) in [5, 5.41) is 24.9. The normalized spacial score (nSPS) is 42.5. The molecule has 14 atom stereocenters. The Morgan fingerprint density at radius 3 is 2.13 bits per heavy atom. The SMILES string of the molecule is Br.CCN1C[C@]2(COC)[C@H](O)C[C@H](OC)[C@@]34[C@@H]5C[C@]6(O)[C@@H](OC)C[C@@](OC(C)=O)([C@H]5[C@H]6OC(=O)c5ccc(OC)c(OC)c5)[C@@H]([C@H](OC)[C@H]23)[C@@H]14.O.O.O. The number of carbonyl (C=O) groups is 2. The maximum atomic E-state index is 14.1. The van der Waals surface area contributed by atoms with E-state index in [0.717, 1.165) is 0 Å². The Labute approximate surface area is 320 Å². The summed E-state index contributed by atoms with van der Waals surface area (Å²) in [4.78, 5) is 29.8. The zero-order valence-electron chi connectivity index (χ0n) is 31.6. The fourth-order valence-electron chi connectivity index (χ4n) is 12.6. The van der Waals surface area contributed by atoms with Gasteiger partial charge in [0.05, 0.1) is 50.8 Å². The predicted molar refractivity (Wildman–Crippen MR) is 193 cm³/mol. The van der Waals surface area contributed by atoms with Crippen molar-refractivity contribution in [2.45, 2.75) is 80.9 Å². The standard InChI is InChI=1S/C36H51NO12.BrH.3H2O/c1-9-37-16-33(17-42-3)23(39)13-24(45-6)36-20-14-34(41)25(46-7)15-35(49-18(2)38,27(30(36)37)28(47-8)29(33)36)26(20)31(34)48-32(40)19-10-11-21(43-4)22(12-19)44-5;;;;/h10-12,20,23-31,39,41H,9,13-17H2,1-8H3;1H;3*1H2/t20-,23-,24+,25+,26-,27+,28+,29-,30-,31-,33+,34+,35-,36+;;;;/m1..../s1. The van der Waals surface area contributed by atoms with Gasteiger partial charge in [0.25, 0.3) is 0 Å². The molecule has 1 aromatic rings. The minimum absolute atomic E-state index is 0. The first-order chi connectivity index (χ1) is 23.4. The smallest absolute Gasteiger partial charge is 0.338 e. The zero-order valence-corrected chi connectivity index (χ0v) is 33.3. The molecule has 0 aromatic heterocycles. The lowest BCUT2D eigenvalue weighted by Gasteiger charge is -2.70. The van der Waals surface area contributed by atoms with E-state index in [9.17, 15) is 19.8 Å². The lowest BCUT2D eigenvalue weighted by Crippen LogP contribution is -2.79. The molecule has 6 fully saturated rings. The maximum Gasteiger partial charge on any atom is 0.338 e. The number of halogens is 1. The van der Waals surface area contributed by atoms with Gasteiger partial charge in [-0.3, -0.25) is 9.69 Å². The number of esters is 2. The number of hydrogen-bond acceptors (Lipinski definition) is 13. The van der Waals surface area contributed by atoms with Crippen LogP contribution in [-0.4, -0.2) is 154 Å². The predicted octanol–water partition coefficient (Wildman–Crippen LogP) is -0.202. The number of likely N-dealkylation sites (tertiary alicyclic amines) is 1. The number of carbonyl (C=O) groups excluding carboxylic acids is 2. The molecule has 7 bridgehead atoms. The Balaban J connectivity index is 0.00000189. The number of ether oxygens (including phenoxy) is 8. The van der Waals surface area contributed by atoms with Gasteiger partial charge in [-0.15, -0.1) is 17.0 Å². The van der Waals surface area contributed by atoms with Gasteiger partial charge in [-0.05, 0) is 37.1 Å². The lowest BCUT2D eigenvalue weighted by molar-refractivity contribution is -0.300. The molecule has 53 heavy (non-hydrogen) atoms. The van der Waals surface area contributed by atoms with Crippen molar-refractivity contribution >= 4 is 28.9 Å². The molecular formula is C36H58BrNO15. The maximum absolute atomic E-state index is 14.1. The number of aliphatic hydroxyl groups excluding tert-OH is 1. The highest BCUT2D eigenvalue weighted by Gasteiger charge is 2.90. The van der Waals surface area contributed by atoms with E-state index in [1.54, 1.807) is 39.5 Å². The van der Waals surface area contributed by atoms with E-state index in [2.05, 4.69) is 11.8 Å². The quantitative estimate of drug-likeness (QED) is 0.275. The molecule has 5 aliphatic carbocycles. The summed E-state index contributed by atoms with van der Waals surface area (Å²) in [7, 11) is 9.53. The number of piperidine rings is 1. The van der Waals surface area contributed by atoms with Crippen LogP contribution in [0.25, 0.3) is 0 Å². The van der Waals surface area contributed by atoms with E-state index < -0.39 is 76.3 Å². The van der Waals surface area contributed by atoms with Crippen molar-refractivity contribution in [3.8, 4) is 11.5 Å². The average Bonchev–Trinajstić information content (AvgIpc) is 3.46. The van der Waals surface area contributed by atoms with E-state index in [1.807, 2.05) is 0 Å². The molecule has 17 heteroatoms. The van der Waals surface area contributed by atoms with Crippen molar-refractivity contribution in [2.24, 2.45) is 34.5 Å². The molecular weight excluding hydrogens is 766 g/mol. The molecule has 8 N–H and O–H groups in total. The van der Waals surface area contributed by atoms with Crippen LogP contribution in [0.1, 0.15) is 43.5 Å². The van der Waals surface area contributed by atoms with Crippen molar-refractivity contribution in [3.05, 3.63) is 23.8 Å². The van der Waals surface area contributed by atoms with Gasteiger partial charge in [-0.2, -0.15) is 0 Å². The van der Waals surface area contributed by atoms with Gasteiger partial charge in [0.1, 0.15) is 17.3 Å². The van der Waals surface area contributed by atoms with E-state index in [1.165, 1.54) is 28.3 Å². The minimum atomic E-state index is -1.62. The van der Waals surface area contributed by atoms with Crippen LogP contribution < -0.4 is 9.47 Å². The van der Waals surface area contributed by atoms with E-state index >= 15 is 0 Å². The molecule has 16 nitrogen and oxygen atoms in total. The van der Waals surface area contributed by atoms with Crippen molar-refractivity contribution in [3.63, 3.8) is 0 Å². The Kier molecular flexibility index (Phi) is 13.5. The number of benzene rings is 1. The number of nitrogens with zero attached hydrogens (tertiary/aromatic N) is 1. The van der Waals surface area contributed by atoms with Gasteiger partial charge >= 0.3 is 11.9 Å². The third kappa shape index (κ3) is 5.59. The van der Waals surface area contributed by atoms with Crippen LogP contribution in [0.15, 0.2) is 18.2 Å². The highest BCUT2D eigenvalue weighted by molar-refractivity contribution is 8.93. The Hall–Kier alpha value is -2.16. The summed E-state index contributed by atoms with van der Waals surface area (Å²) in [6, 6.07) is 4.56. The molecule has 1 aromatic carbocycles. The molecule has 1 spiro atoms. The van der Waals surface area contributed by atoms with Gasteiger partial charge in [0.15, 0.2) is 11.5 Å². The second kappa shape index (κ2) is 15.8. The summed E-state index contributed by atoms with van der Waals surface area (Å²) >= 11 is 0. The monoisotopic (exact) mass is 823 g/mol. The largest absolute Gasteiger partial charge is 0.493 e. The molecule has 5 saturated carbocycles. The van der Waals surface area contributed by atoms with Gasteiger partial charge in [0, 0.05) is 89.4 Å². The molecule has 1 heterocycles. The number of fused-ring (bicyclic) bond motifs is 2. The molecule has 7 rings (SSSR count). The summed E-state index contributed by atoms with van der Waals surface area (Å²) in [6.45, 7) is 4.99. The van der Waals surface area contributed by atoms with Crippen LogP contribution in [0.2, 0.25) is 0 Å². The van der Waals surface area contributed by atoms with Crippen LogP contribution in [0.5, 0.6) is 11.5 Å². The van der Waals surface area contributed by atoms with E-state index in [-0.39, 0.29) is 76.3 Å². The van der Waals surface area contributed by atoms with E-state index in [4.69, 9.17) is 37.9 Å². The Morgan fingerprint density at radius 1 is 0.925 bits per heavy atom. The van der Waals surface area contributed by atoms with Crippen LogP contribution in [0.4, 0.5) is 0 Å². The summed E-state index contributed by atoms with van der Waals surface area (Å²) in [5.74, 6) is -2.07. The van der Waals surface area contributed by atoms with Crippen molar-refractivity contribution in [1.29, 1.82) is 0 Å². The zero-order chi connectivity index (χ0) is 35.3. The average molecular weight is 825 g/mol. The Bertz CT molecular complexity index is 1490. The summed E-state index contributed by atoms with van der Waals surface area (Å²) in [5.41, 5.74) is -4.09. The third-order valence-electron chi connectivity index (χ3n) is 13.7. The van der Waals surface area contributed by atoms with Crippen LogP contribution in [0, 0.1) is 34.5 Å². The lowest BCUT2D eigenvalue weighted by atomic mass is 9.42. The Morgan fingerprint density at radius 2 is 1.58 bits per heavy atom. The molecule has 1 aliphatic heterocycles. The fourth-order valence-corrected chi connectivity index (χ4v) is 12.6. The fraction of sp³-hybridized carbons (Fsp3) is 0.778. The number of hydrogen-bond donors (Lipinski definition) is 2. The second-order valence-corrected chi connectivity index (χ2v) is 15.1. The van der Waals surface area contributed by atoms with Crippen LogP contribution in [0.3, 0.4) is 0 Å². The molecule has 0 amide bonds. The van der Waals surface area contributed by atoms with Gasteiger partial charge in [-0.1, -0.05) is 6.92 Å². The van der Waals surface area contributed by atoms with Crippen molar-refractivity contribution in [2.75, 3.05) is 62.4 Å². The second-order valence-electron chi connectivity index (χ2n) is 15.1. The first-order valence-electron chi connectivity index (χ1n) is 17.3. The van der Waals surface area contributed by atoms with Gasteiger partial charge in [0.2, 0.25) is 0 Å². The van der Waals surface area contributed by atoms with Crippen LogP contribution in [-0.2, 0) is 33.2 Å². The highest BCUT2D eigenvalue weighted by atomic mass is 79.9. The van der Waals surface area contributed by atoms with Gasteiger partial charge < -0.3 is 64.5 Å². The number of rotatable bonds is 11. The molecule has 1 saturated heterocycles. The summed E-state index contributed by atoms with van der Waals surface area (Å²) in [6.07, 6.45) is -2.89. The molecule has 6 aliphatic rings. The molecule has 0 unspecified atom stereocenters. The highest BCUT2D eigenvalue weighted by Crippen LogP contribution is 2.80. The topological polar surface area (TPSA) is 246 Å². The number of aliphatic hydroxyl groups is 2. The third-order valence-corrected chi connectivity index (χ3v) is 13.7. The number of methoxy groups -OCH3 is 6. The van der Waals surface area contributed by atoms with Crippen LogP contribution >= 0.6 is 17.0 Å². The van der Waals surface area contributed by atoms with E-state index in [0.29, 0.717) is 31.0 Å². The first-order valence-corrected chi connectivity index (χ1v) is 17.3. The minimum Gasteiger partial charge on any atom is -0.493 e. The molecule has 304 valence electrons. The summed E-state index contributed by atoms with van der Waals surface area (Å²) < 4.78 is 48.9. The van der Waals surface area contributed by atoms with Crippen molar-refractivity contribution < 1.29 is 74.1 Å². The molecule has 0 radical (unpaired) electrons. The first kappa shape index (κ1) is 45.2. The van der Waals surface area contributed by atoms with Crippen molar-refractivity contribution in [1.82, 2.24) is 4.90 Å².